The summed E-state index contributed by atoms with van der Waals surface area (Å²) in [6, 6.07) is 7.59. The Morgan fingerprint density at radius 1 is 1.32 bits per heavy atom. The SMILES string of the molecule is CC(C(=O)NC1(C)CCCCC1)c1cccc(N)c1. The van der Waals surface area contributed by atoms with Crippen LogP contribution >= 0.6 is 0 Å². The van der Waals surface area contributed by atoms with Crippen LogP contribution < -0.4 is 11.1 Å². The number of nitrogens with two attached hydrogens (primary N) is 1. The molecule has 0 saturated heterocycles. The average molecular weight is 260 g/mol. The molecule has 1 aromatic carbocycles. The molecule has 3 heteroatoms. The van der Waals surface area contributed by atoms with E-state index in [1.807, 2.05) is 31.2 Å². The molecule has 3 N–H and O–H groups in total. The highest BCUT2D eigenvalue weighted by atomic mass is 16.2. The van der Waals surface area contributed by atoms with Gasteiger partial charge in [-0.05, 0) is 44.4 Å². The first kappa shape index (κ1) is 13.9. The number of hydrogen-bond acceptors (Lipinski definition) is 2. The van der Waals surface area contributed by atoms with Crippen molar-refractivity contribution in [2.75, 3.05) is 5.73 Å². The number of nitrogen functional groups attached to an aromatic ring is 1. The molecule has 2 rings (SSSR count). The normalized spacial score (nSPS) is 19.7. The maximum Gasteiger partial charge on any atom is 0.227 e. The average Bonchev–Trinajstić information content (AvgIpc) is 2.38. The number of anilines is 1. The van der Waals surface area contributed by atoms with Gasteiger partial charge in [0.25, 0.3) is 0 Å². The number of carbonyl (C=O) groups excluding carboxylic acids is 1. The third kappa shape index (κ3) is 3.49. The second-order valence-corrected chi connectivity index (χ2v) is 6.00. The van der Waals surface area contributed by atoms with Crippen molar-refractivity contribution in [3.63, 3.8) is 0 Å². The summed E-state index contributed by atoms with van der Waals surface area (Å²) in [6.45, 7) is 4.10. The van der Waals surface area contributed by atoms with Crippen molar-refractivity contribution in [2.45, 2.75) is 57.4 Å². The van der Waals surface area contributed by atoms with Crippen molar-refractivity contribution in [1.82, 2.24) is 5.32 Å². The molecule has 0 aromatic heterocycles. The van der Waals surface area contributed by atoms with E-state index in [9.17, 15) is 4.79 Å². The van der Waals surface area contributed by atoms with Crippen LogP contribution in [0, 0.1) is 0 Å². The van der Waals surface area contributed by atoms with Crippen LogP contribution in [0.25, 0.3) is 0 Å². The van der Waals surface area contributed by atoms with Gasteiger partial charge in [0.05, 0.1) is 5.92 Å². The molecule has 1 saturated carbocycles. The predicted octanol–water partition coefficient (Wildman–Crippen LogP) is 3.21. The fraction of sp³-hybridized carbons (Fsp3) is 0.562. The Morgan fingerprint density at radius 3 is 2.63 bits per heavy atom. The highest BCUT2D eigenvalue weighted by molar-refractivity contribution is 5.84. The van der Waals surface area contributed by atoms with Crippen LogP contribution in [0.4, 0.5) is 5.69 Å². The number of hydrogen-bond donors (Lipinski definition) is 2. The molecule has 19 heavy (non-hydrogen) atoms. The van der Waals surface area contributed by atoms with Gasteiger partial charge in [0, 0.05) is 11.2 Å². The molecule has 0 aliphatic heterocycles. The summed E-state index contributed by atoms with van der Waals surface area (Å²) in [6.07, 6.45) is 5.88. The lowest BCUT2D eigenvalue weighted by atomic mass is 9.83. The Morgan fingerprint density at radius 2 is 2.00 bits per heavy atom. The summed E-state index contributed by atoms with van der Waals surface area (Å²) in [7, 11) is 0. The van der Waals surface area contributed by atoms with Crippen molar-refractivity contribution in [3.05, 3.63) is 29.8 Å². The minimum absolute atomic E-state index is 0.0239. The van der Waals surface area contributed by atoms with Crippen LogP contribution in [0.15, 0.2) is 24.3 Å². The van der Waals surface area contributed by atoms with E-state index in [2.05, 4.69) is 12.2 Å². The van der Waals surface area contributed by atoms with Crippen LogP contribution in [-0.4, -0.2) is 11.4 Å². The third-order valence-corrected chi connectivity index (χ3v) is 4.19. The first-order valence-corrected chi connectivity index (χ1v) is 7.18. The Kier molecular flexibility index (Phi) is 4.13. The lowest BCUT2D eigenvalue weighted by molar-refractivity contribution is -0.124. The first-order chi connectivity index (χ1) is 9.00. The van der Waals surface area contributed by atoms with E-state index < -0.39 is 0 Å². The van der Waals surface area contributed by atoms with E-state index in [4.69, 9.17) is 5.73 Å². The summed E-state index contributed by atoms with van der Waals surface area (Å²) in [4.78, 5) is 12.4. The van der Waals surface area contributed by atoms with Crippen LogP contribution in [-0.2, 0) is 4.79 Å². The second kappa shape index (κ2) is 5.64. The molecule has 1 aromatic rings. The number of nitrogens with one attached hydrogen (secondary N) is 1. The number of benzene rings is 1. The van der Waals surface area contributed by atoms with Crippen LogP contribution in [0.5, 0.6) is 0 Å². The standard InChI is InChI=1S/C16H24N2O/c1-12(13-7-6-8-14(17)11-13)15(19)18-16(2)9-4-3-5-10-16/h6-8,11-12H,3-5,9-10,17H2,1-2H3,(H,18,19). The fourth-order valence-electron chi connectivity index (χ4n) is 2.84. The molecular weight excluding hydrogens is 236 g/mol. The van der Waals surface area contributed by atoms with Gasteiger partial charge < -0.3 is 11.1 Å². The van der Waals surface area contributed by atoms with Gasteiger partial charge in [-0.2, -0.15) is 0 Å². The molecule has 104 valence electrons. The summed E-state index contributed by atoms with van der Waals surface area (Å²) in [5.74, 6) is -0.0442. The first-order valence-electron chi connectivity index (χ1n) is 7.18. The zero-order valence-corrected chi connectivity index (χ0v) is 11.9. The Hall–Kier alpha value is -1.51. The Balaban J connectivity index is 2.03. The molecule has 3 nitrogen and oxygen atoms in total. The van der Waals surface area contributed by atoms with Crippen LogP contribution in [0.2, 0.25) is 0 Å². The van der Waals surface area contributed by atoms with E-state index in [1.54, 1.807) is 0 Å². The maximum absolute atomic E-state index is 12.4. The molecule has 0 radical (unpaired) electrons. The van der Waals surface area contributed by atoms with E-state index >= 15 is 0 Å². The smallest absolute Gasteiger partial charge is 0.227 e. The van der Waals surface area contributed by atoms with E-state index in [1.165, 1.54) is 19.3 Å². The minimum Gasteiger partial charge on any atom is -0.399 e. The lowest BCUT2D eigenvalue weighted by Crippen LogP contribution is -2.48. The highest BCUT2D eigenvalue weighted by Crippen LogP contribution is 2.28. The molecule has 1 aliphatic rings. The van der Waals surface area contributed by atoms with E-state index in [0.29, 0.717) is 5.69 Å². The second-order valence-electron chi connectivity index (χ2n) is 6.00. The largest absolute Gasteiger partial charge is 0.399 e. The van der Waals surface area contributed by atoms with Crippen molar-refractivity contribution < 1.29 is 4.79 Å². The van der Waals surface area contributed by atoms with Gasteiger partial charge in [0.2, 0.25) is 5.91 Å². The van der Waals surface area contributed by atoms with Gasteiger partial charge in [0.1, 0.15) is 0 Å². The predicted molar refractivity (Wildman–Crippen MR) is 78.9 cm³/mol. The summed E-state index contributed by atoms with van der Waals surface area (Å²) >= 11 is 0. The molecule has 0 bridgehead atoms. The summed E-state index contributed by atoms with van der Waals surface area (Å²) in [5, 5.41) is 3.23. The molecule has 1 aliphatic carbocycles. The summed E-state index contributed by atoms with van der Waals surface area (Å²) < 4.78 is 0. The number of amides is 1. The molecular formula is C16H24N2O. The quantitative estimate of drug-likeness (QED) is 0.820. The van der Waals surface area contributed by atoms with Gasteiger partial charge in [-0.15, -0.1) is 0 Å². The fourth-order valence-corrected chi connectivity index (χ4v) is 2.84. The molecule has 1 atom stereocenters. The van der Waals surface area contributed by atoms with Crippen molar-refractivity contribution in [1.29, 1.82) is 0 Å². The molecule has 1 fully saturated rings. The zero-order valence-electron chi connectivity index (χ0n) is 11.9. The molecule has 1 unspecified atom stereocenters. The van der Waals surface area contributed by atoms with Gasteiger partial charge in [-0.3, -0.25) is 4.79 Å². The zero-order chi connectivity index (χ0) is 13.9. The van der Waals surface area contributed by atoms with E-state index in [-0.39, 0.29) is 17.4 Å². The van der Waals surface area contributed by atoms with Crippen molar-refractivity contribution in [2.24, 2.45) is 0 Å². The van der Waals surface area contributed by atoms with Gasteiger partial charge in [0.15, 0.2) is 0 Å². The third-order valence-electron chi connectivity index (χ3n) is 4.19. The number of carbonyl (C=O) groups is 1. The maximum atomic E-state index is 12.4. The highest BCUT2D eigenvalue weighted by Gasteiger charge is 2.30. The molecule has 0 spiro atoms. The van der Waals surface area contributed by atoms with Gasteiger partial charge >= 0.3 is 0 Å². The van der Waals surface area contributed by atoms with Crippen LogP contribution in [0.3, 0.4) is 0 Å². The Labute approximate surface area is 115 Å². The Bertz CT molecular complexity index is 450. The van der Waals surface area contributed by atoms with Crippen LogP contribution in [0.1, 0.15) is 57.4 Å². The van der Waals surface area contributed by atoms with E-state index in [0.717, 1.165) is 18.4 Å². The van der Waals surface area contributed by atoms with Crippen molar-refractivity contribution in [3.8, 4) is 0 Å². The molecule has 1 amide bonds. The lowest BCUT2D eigenvalue weighted by Gasteiger charge is -2.35. The minimum atomic E-state index is -0.151. The summed E-state index contributed by atoms with van der Waals surface area (Å²) in [5.41, 5.74) is 7.44. The van der Waals surface area contributed by atoms with Gasteiger partial charge in [-0.25, -0.2) is 0 Å². The number of rotatable bonds is 3. The topological polar surface area (TPSA) is 55.1 Å². The molecule has 0 heterocycles. The monoisotopic (exact) mass is 260 g/mol. The van der Waals surface area contributed by atoms with Crippen molar-refractivity contribution >= 4 is 11.6 Å². The van der Waals surface area contributed by atoms with Gasteiger partial charge in [-0.1, -0.05) is 31.4 Å².